The molecule has 1 aromatic rings. The predicted molar refractivity (Wildman–Crippen MR) is 77.1 cm³/mol. The maximum absolute atomic E-state index is 12.4. The average Bonchev–Trinajstić information content (AvgIpc) is 2.73. The summed E-state index contributed by atoms with van der Waals surface area (Å²) in [5.74, 6) is -0.275. The van der Waals surface area contributed by atoms with E-state index in [0.717, 1.165) is 6.42 Å². The van der Waals surface area contributed by atoms with Crippen LogP contribution >= 0.6 is 0 Å². The summed E-state index contributed by atoms with van der Waals surface area (Å²) in [6.07, 6.45) is 0.717. The number of amides is 2. The summed E-state index contributed by atoms with van der Waals surface area (Å²) in [5.41, 5.74) is 0.300. The number of rotatable bonds is 3. The number of para-hydroxylation sites is 1. The number of ether oxygens (including phenoxy) is 1. The highest BCUT2D eigenvalue weighted by Gasteiger charge is 2.23. The molecule has 0 unspecified atom stereocenters. The van der Waals surface area contributed by atoms with Crippen LogP contribution in [0.25, 0.3) is 0 Å². The number of hydrogen-bond acceptors (Lipinski definition) is 4. The molecule has 0 spiro atoms. The number of hydrogen-bond donors (Lipinski definition) is 1. The average molecular weight is 292 g/mol. The Labute approximate surface area is 123 Å². The summed E-state index contributed by atoms with van der Waals surface area (Å²) in [7, 11) is 1.49. The van der Waals surface area contributed by atoms with Crippen molar-refractivity contribution in [1.29, 1.82) is 0 Å². The molecule has 1 aliphatic rings. The van der Waals surface area contributed by atoms with Gasteiger partial charge in [-0.2, -0.15) is 0 Å². The molecule has 114 valence electrons. The Morgan fingerprint density at radius 2 is 1.81 bits per heavy atom. The molecule has 1 aromatic carbocycles. The minimum Gasteiger partial charge on any atom is -0.507 e. The zero-order valence-electron chi connectivity index (χ0n) is 12.1. The topological polar surface area (TPSA) is 70.1 Å². The van der Waals surface area contributed by atoms with Crippen molar-refractivity contribution in [3.8, 4) is 5.75 Å². The van der Waals surface area contributed by atoms with Gasteiger partial charge in [0.1, 0.15) is 12.4 Å². The molecule has 1 N–H and O–H groups in total. The van der Waals surface area contributed by atoms with E-state index >= 15 is 0 Å². The monoisotopic (exact) mass is 292 g/mol. The molecule has 1 fully saturated rings. The number of aromatic hydroxyl groups is 1. The second-order valence-corrected chi connectivity index (χ2v) is 4.98. The fourth-order valence-corrected chi connectivity index (χ4v) is 2.41. The standard InChI is InChI=1S/C15H20N2O4/c1-21-11-14(19)16-7-4-8-17(10-9-16)15(20)12-5-2-3-6-13(12)18/h2-3,5-6,18H,4,7-11H2,1H3. The van der Waals surface area contributed by atoms with E-state index < -0.39 is 0 Å². The van der Waals surface area contributed by atoms with Gasteiger partial charge in [-0.1, -0.05) is 12.1 Å². The number of nitrogens with zero attached hydrogens (tertiary/aromatic N) is 2. The first kappa shape index (κ1) is 15.3. The van der Waals surface area contributed by atoms with E-state index in [-0.39, 0.29) is 24.2 Å². The minimum atomic E-state index is -0.200. The van der Waals surface area contributed by atoms with Crippen molar-refractivity contribution in [2.75, 3.05) is 39.9 Å². The highest BCUT2D eigenvalue weighted by atomic mass is 16.5. The third kappa shape index (κ3) is 3.72. The van der Waals surface area contributed by atoms with Gasteiger partial charge >= 0.3 is 0 Å². The second-order valence-electron chi connectivity index (χ2n) is 4.98. The molecule has 1 heterocycles. The number of methoxy groups -OCH3 is 1. The number of phenols is 1. The van der Waals surface area contributed by atoms with Crippen molar-refractivity contribution in [1.82, 2.24) is 9.80 Å². The lowest BCUT2D eigenvalue weighted by atomic mass is 10.1. The van der Waals surface area contributed by atoms with Crippen molar-refractivity contribution < 1.29 is 19.4 Å². The highest BCUT2D eigenvalue weighted by molar-refractivity contribution is 5.96. The molecule has 2 rings (SSSR count). The van der Waals surface area contributed by atoms with E-state index in [2.05, 4.69) is 0 Å². The van der Waals surface area contributed by atoms with Crippen molar-refractivity contribution in [3.63, 3.8) is 0 Å². The van der Waals surface area contributed by atoms with Crippen LogP contribution in [0.2, 0.25) is 0 Å². The lowest BCUT2D eigenvalue weighted by molar-refractivity contribution is -0.135. The van der Waals surface area contributed by atoms with Crippen LogP contribution in [-0.4, -0.2) is 66.6 Å². The first-order chi connectivity index (χ1) is 10.1. The second kappa shape index (κ2) is 7.08. The predicted octanol–water partition coefficient (Wildman–Crippen LogP) is 0.713. The molecule has 0 aromatic heterocycles. The SMILES string of the molecule is COCC(=O)N1CCCN(C(=O)c2ccccc2O)CC1. The lowest BCUT2D eigenvalue weighted by Gasteiger charge is -2.22. The van der Waals surface area contributed by atoms with Crippen LogP contribution in [0.15, 0.2) is 24.3 Å². The zero-order chi connectivity index (χ0) is 15.2. The summed E-state index contributed by atoms with van der Waals surface area (Å²) in [6.45, 7) is 2.20. The molecule has 6 nitrogen and oxygen atoms in total. The Morgan fingerprint density at radius 3 is 2.52 bits per heavy atom. The van der Waals surface area contributed by atoms with Gasteiger partial charge in [-0.3, -0.25) is 9.59 Å². The summed E-state index contributed by atoms with van der Waals surface area (Å²) < 4.78 is 4.85. The van der Waals surface area contributed by atoms with E-state index in [0.29, 0.717) is 31.7 Å². The first-order valence-corrected chi connectivity index (χ1v) is 6.97. The van der Waals surface area contributed by atoms with Gasteiger partial charge in [-0.25, -0.2) is 0 Å². The Hall–Kier alpha value is -2.08. The van der Waals surface area contributed by atoms with Crippen molar-refractivity contribution in [2.45, 2.75) is 6.42 Å². The Morgan fingerprint density at radius 1 is 1.14 bits per heavy atom. The van der Waals surface area contributed by atoms with Crippen LogP contribution < -0.4 is 0 Å². The summed E-state index contributed by atoms with van der Waals surface area (Å²) in [6, 6.07) is 6.51. The molecule has 0 radical (unpaired) electrons. The number of carbonyl (C=O) groups excluding carboxylic acids is 2. The molecule has 0 saturated carbocycles. The molecular formula is C15H20N2O4. The Balaban J connectivity index is 2.01. The maximum Gasteiger partial charge on any atom is 0.257 e. The minimum absolute atomic E-state index is 0.0148. The van der Waals surface area contributed by atoms with Gasteiger partial charge < -0.3 is 19.6 Å². The van der Waals surface area contributed by atoms with Crippen LogP contribution in [0, 0.1) is 0 Å². The third-order valence-electron chi connectivity index (χ3n) is 3.54. The molecular weight excluding hydrogens is 272 g/mol. The number of benzene rings is 1. The van der Waals surface area contributed by atoms with Gasteiger partial charge in [0.05, 0.1) is 5.56 Å². The molecule has 0 bridgehead atoms. The van der Waals surface area contributed by atoms with Crippen LogP contribution in [0.4, 0.5) is 0 Å². The fraction of sp³-hybridized carbons (Fsp3) is 0.467. The molecule has 2 amide bonds. The zero-order valence-corrected chi connectivity index (χ0v) is 12.1. The van der Waals surface area contributed by atoms with Gasteiger partial charge in [0.15, 0.2) is 0 Å². The number of carbonyl (C=O) groups is 2. The third-order valence-corrected chi connectivity index (χ3v) is 3.54. The maximum atomic E-state index is 12.4. The first-order valence-electron chi connectivity index (χ1n) is 6.97. The van der Waals surface area contributed by atoms with Gasteiger partial charge in [-0.15, -0.1) is 0 Å². The summed E-state index contributed by atoms with van der Waals surface area (Å²) >= 11 is 0. The smallest absolute Gasteiger partial charge is 0.257 e. The molecule has 0 atom stereocenters. The van der Waals surface area contributed by atoms with Crippen LogP contribution in [0.5, 0.6) is 5.75 Å². The van der Waals surface area contributed by atoms with Crippen LogP contribution in [-0.2, 0) is 9.53 Å². The van der Waals surface area contributed by atoms with E-state index in [9.17, 15) is 14.7 Å². The van der Waals surface area contributed by atoms with Crippen LogP contribution in [0.1, 0.15) is 16.8 Å². The van der Waals surface area contributed by atoms with E-state index in [1.165, 1.54) is 13.2 Å². The normalized spacial score (nSPS) is 15.7. The molecule has 1 saturated heterocycles. The number of phenolic OH excluding ortho intramolecular Hbond substituents is 1. The fourth-order valence-electron chi connectivity index (χ4n) is 2.41. The van der Waals surface area contributed by atoms with Crippen molar-refractivity contribution >= 4 is 11.8 Å². The summed E-state index contributed by atoms with van der Waals surface area (Å²) in [5, 5.41) is 9.76. The van der Waals surface area contributed by atoms with Crippen molar-refractivity contribution in [2.24, 2.45) is 0 Å². The Kier molecular flexibility index (Phi) is 5.16. The van der Waals surface area contributed by atoms with Gasteiger partial charge in [0.25, 0.3) is 5.91 Å². The van der Waals surface area contributed by atoms with Crippen LogP contribution in [0.3, 0.4) is 0 Å². The van der Waals surface area contributed by atoms with Crippen molar-refractivity contribution in [3.05, 3.63) is 29.8 Å². The molecule has 21 heavy (non-hydrogen) atoms. The van der Waals surface area contributed by atoms with E-state index in [4.69, 9.17) is 4.74 Å². The van der Waals surface area contributed by atoms with Gasteiger partial charge in [0.2, 0.25) is 5.91 Å². The molecule has 1 aliphatic heterocycles. The van der Waals surface area contributed by atoms with E-state index in [1.807, 2.05) is 0 Å². The van der Waals surface area contributed by atoms with E-state index in [1.54, 1.807) is 28.0 Å². The highest BCUT2D eigenvalue weighted by Crippen LogP contribution is 2.18. The van der Waals surface area contributed by atoms with Gasteiger partial charge in [0, 0.05) is 33.3 Å². The lowest BCUT2D eigenvalue weighted by Crippen LogP contribution is -2.38. The molecule has 0 aliphatic carbocycles. The largest absolute Gasteiger partial charge is 0.507 e. The quantitative estimate of drug-likeness (QED) is 0.891. The van der Waals surface area contributed by atoms with Gasteiger partial charge in [-0.05, 0) is 18.6 Å². The Bertz CT molecular complexity index is 518. The summed E-state index contributed by atoms with van der Waals surface area (Å²) in [4.78, 5) is 27.6. The molecule has 6 heteroatoms.